The third kappa shape index (κ3) is 3.38. The molecule has 1 aromatic rings. The molecular weight excluding hydrogens is 244 g/mol. The fraction of sp³-hybridized carbons (Fsp3) is 0.500. The number of unbranched alkanes of at least 4 members (excludes halogenated alkanes) is 1. The van der Waals surface area contributed by atoms with E-state index in [0.29, 0.717) is 24.6 Å². The van der Waals surface area contributed by atoms with Crippen molar-refractivity contribution in [1.82, 2.24) is 5.32 Å². The molecular formula is C14H20N2O3. The summed E-state index contributed by atoms with van der Waals surface area (Å²) in [7, 11) is 0. The molecule has 0 aliphatic carbocycles. The Morgan fingerprint density at radius 2 is 1.95 bits per heavy atom. The molecule has 1 amide bonds. The molecule has 19 heavy (non-hydrogen) atoms. The van der Waals surface area contributed by atoms with Gasteiger partial charge < -0.3 is 20.5 Å². The number of carbonyl (C=O) groups is 1. The van der Waals surface area contributed by atoms with Gasteiger partial charge in [-0.1, -0.05) is 12.1 Å². The van der Waals surface area contributed by atoms with Gasteiger partial charge in [0.15, 0.2) is 11.5 Å². The van der Waals surface area contributed by atoms with Crippen LogP contribution in [-0.4, -0.2) is 31.2 Å². The Kier molecular flexibility index (Phi) is 4.63. The van der Waals surface area contributed by atoms with E-state index in [1.807, 2.05) is 25.1 Å². The first-order valence-electron chi connectivity index (χ1n) is 6.62. The summed E-state index contributed by atoms with van der Waals surface area (Å²) in [5, 5.41) is 2.85. The zero-order chi connectivity index (χ0) is 13.7. The molecule has 1 heterocycles. The standard InChI is InChI=1S/C14H20N2O3/c1-10-13(14(17)16-9-5-4-8-15)19-12-7-3-2-6-11(12)18-10/h2-3,6-7,10,13H,4-5,8-9,15H2,1H3,(H,16,17). The predicted molar refractivity (Wildman–Crippen MR) is 72.2 cm³/mol. The van der Waals surface area contributed by atoms with Crippen LogP contribution in [0.1, 0.15) is 19.8 Å². The molecule has 0 saturated heterocycles. The molecule has 0 spiro atoms. The van der Waals surface area contributed by atoms with E-state index in [4.69, 9.17) is 15.2 Å². The summed E-state index contributed by atoms with van der Waals surface area (Å²) in [5.74, 6) is 1.16. The van der Waals surface area contributed by atoms with Gasteiger partial charge in [0.1, 0.15) is 6.10 Å². The number of hydrogen-bond donors (Lipinski definition) is 2. The molecule has 5 nitrogen and oxygen atoms in total. The largest absolute Gasteiger partial charge is 0.482 e. The Balaban J connectivity index is 1.92. The van der Waals surface area contributed by atoms with Crippen molar-refractivity contribution >= 4 is 5.91 Å². The van der Waals surface area contributed by atoms with E-state index in [-0.39, 0.29) is 12.0 Å². The first kappa shape index (κ1) is 13.7. The van der Waals surface area contributed by atoms with E-state index in [9.17, 15) is 4.79 Å². The average molecular weight is 264 g/mol. The minimum Gasteiger partial charge on any atom is -0.482 e. The van der Waals surface area contributed by atoms with Gasteiger partial charge in [0, 0.05) is 6.54 Å². The molecule has 1 aliphatic rings. The van der Waals surface area contributed by atoms with Gasteiger partial charge in [-0.2, -0.15) is 0 Å². The molecule has 2 atom stereocenters. The third-order valence-electron chi connectivity index (χ3n) is 3.03. The SMILES string of the molecule is CC1Oc2ccccc2OC1C(=O)NCCCCN. The maximum Gasteiger partial charge on any atom is 0.265 e. The van der Waals surface area contributed by atoms with Gasteiger partial charge in [0.25, 0.3) is 5.91 Å². The number of ether oxygens (including phenoxy) is 2. The lowest BCUT2D eigenvalue weighted by molar-refractivity contribution is -0.133. The van der Waals surface area contributed by atoms with Crippen molar-refractivity contribution in [2.75, 3.05) is 13.1 Å². The van der Waals surface area contributed by atoms with Crippen molar-refractivity contribution in [1.29, 1.82) is 0 Å². The van der Waals surface area contributed by atoms with Gasteiger partial charge >= 0.3 is 0 Å². The smallest absolute Gasteiger partial charge is 0.265 e. The van der Waals surface area contributed by atoms with Crippen LogP contribution in [0.2, 0.25) is 0 Å². The van der Waals surface area contributed by atoms with Gasteiger partial charge in [-0.3, -0.25) is 4.79 Å². The highest BCUT2D eigenvalue weighted by Gasteiger charge is 2.33. The Morgan fingerprint density at radius 3 is 2.63 bits per heavy atom. The maximum absolute atomic E-state index is 12.0. The lowest BCUT2D eigenvalue weighted by Gasteiger charge is -2.31. The summed E-state index contributed by atoms with van der Waals surface area (Å²) in [6.45, 7) is 3.09. The van der Waals surface area contributed by atoms with Crippen molar-refractivity contribution in [2.45, 2.75) is 32.0 Å². The van der Waals surface area contributed by atoms with Crippen LogP contribution in [0, 0.1) is 0 Å². The molecule has 1 aromatic carbocycles. The van der Waals surface area contributed by atoms with E-state index < -0.39 is 6.10 Å². The predicted octanol–water partition coefficient (Wildman–Crippen LogP) is 1.07. The molecule has 104 valence electrons. The highest BCUT2D eigenvalue weighted by Crippen LogP contribution is 2.33. The maximum atomic E-state index is 12.0. The number of nitrogens with one attached hydrogen (secondary N) is 1. The van der Waals surface area contributed by atoms with Gasteiger partial charge in [-0.25, -0.2) is 0 Å². The second kappa shape index (κ2) is 6.43. The van der Waals surface area contributed by atoms with Crippen molar-refractivity contribution in [3.8, 4) is 11.5 Å². The quantitative estimate of drug-likeness (QED) is 0.780. The summed E-state index contributed by atoms with van der Waals surface area (Å²) in [6, 6.07) is 7.37. The normalized spacial score (nSPS) is 20.9. The van der Waals surface area contributed by atoms with Gasteiger partial charge in [0.05, 0.1) is 0 Å². The zero-order valence-electron chi connectivity index (χ0n) is 11.1. The number of fused-ring (bicyclic) bond motifs is 1. The van der Waals surface area contributed by atoms with Crippen LogP contribution in [0.25, 0.3) is 0 Å². The molecule has 2 rings (SSSR count). The number of benzene rings is 1. The summed E-state index contributed by atoms with van der Waals surface area (Å²) < 4.78 is 11.4. The highest BCUT2D eigenvalue weighted by atomic mass is 16.6. The molecule has 5 heteroatoms. The Hall–Kier alpha value is -1.75. The number of para-hydroxylation sites is 2. The molecule has 1 aliphatic heterocycles. The number of amides is 1. The topological polar surface area (TPSA) is 73.6 Å². The van der Waals surface area contributed by atoms with E-state index in [0.717, 1.165) is 12.8 Å². The number of nitrogens with two attached hydrogens (primary N) is 1. The summed E-state index contributed by atoms with van der Waals surface area (Å²) in [4.78, 5) is 12.0. The second-order valence-electron chi connectivity index (χ2n) is 4.59. The van der Waals surface area contributed by atoms with Crippen LogP contribution in [0.15, 0.2) is 24.3 Å². The average Bonchev–Trinajstić information content (AvgIpc) is 2.42. The molecule has 0 radical (unpaired) electrons. The van der Waals surface area contributed by atoms with E-state index in [1.54, 1.807) is 6.07 Å². The van der Waals surface area contributed by atoms with E-state index >= 15 is 0 Å². The number of hydrogen-bond acceptors (Lipinski definition) is 4. The number of rotatable bonds is 5. The molecule has 0 fully saturated rings. The van der Waals surface area contributed by atoms with Gasteiger partial charge in [-0.05, 0) is 38.4 Å². The van der Waals surface area contributed by atoms with E-state index in [2.05, 4.69) is 5.32 Å². The van der Waals surface area contributed by atoms with Crippen LogP contribution >= 0.6 is 0 Å². The van der Waals surface area contributed by atoms with Crippen LogP contribution in [0.4, 0.5) is 0 Å². The monoisotopic (exact) mass is 264 g/mol. The summed E-state index contributed by atoms with van der Waals surface area (Å²) >= 11 is 0. The highest BCUT2D eigenvalue weighted by molar-refractivity contribution is 5.82. The van der Waals surface area contributed by atoms with Crippen LogP contribution in [-0.2, 0) is 4.79 Å². The van der Waals surface area contributed by atoms with Crippen molar-refractivity contribution in [2.24, 2.45) is 5.73 Å². The van der Waals surface area contributed by atoms with Gasteiger partial charge in [-0.15, -0.1) is 0 Å². The Bertz CT molecular complexity index is 436. The molecule has 3 N–H and O–H groups in total. The van der Waals surface area contributed by atoms with Crippen molar-refractivity contribution in [3.05, 3.63) is 24.3 Å². The Labute approximate surface area is 113 Å². The first-order chi connectivity index (χ1) is 9.22. The lowest BCUT2D eigenvalue weighted by atomic mass is 10.1. The molecule has 0 bridgehead atoms. The Morgan fingerprint density at radius 1 is 1.26 bits per heavy atom. The summed E-state index contributed by atoms with van der Waals surface area (Å²) in [6.07, 6.45) is 0.874. The fourth-order valence-electron chi connectivity index (χ4n) is 1.99. The summed E-state index contributed by atoms with van der Waals surface area (Å²) in [5.41, 5.74) is 5.41. The fourth-order valence-corrected chi connectivity index (χ4v) is 1.99. The van der Waals surface area contributed by atoms with Crippen LogP contribution < -0.4 is 20.5 Å². The van der Waals surface area contributed by atoms with Crippen LogP contribution in [0.3, 0.4) is 0 Å². The molecule has 0 saturated carbocycles. The minimum absolute atomic E-state index is 0.140. The third-order valence-corrected chi connectivity index (χ3v) is 3.03. The van der Waals surface area contributed by atoms with Gasteiger partial charge in [0.2, 0.25) is 6.10 Å². The molecule has 2 unspecified atom stereocenters. The van der Waals surface area contributed by atoms with Crippen LogP contribution in [0.5, 0.6) is 11.5 Å². The van der Waals surface area contributed by atoms with E-state index in [1.165, 1.54) is 0 Å². The first-order valence-corrected chi connectivity index (χ1v) is 6.62. The molecule has 0 aromatic heterocycles. The minimum atomic E-state index is -0.604. The van der Waals surface area contributed by atoms with Crippen molar-refractivity contribution < 1.29 is 14.3 Å². The lowest BCUT2D eigenvalue weighted by Crippen LogP contribution is -2.49. The second-order valence-corrected chi connectivity index (χ2v) is 4.59. The zero-order valence-corrected chi connectivity index (χ0v) is 11.1. The van der Waals surface area contributed by atoms with Crippen molar-refractivity contribution in [3.63, 3.8) is 0 Å². The number of carbonyl (C=O) groups excluding carboxylic acids is 1.